The van der Waals surface area contributed by atoms with E-state index in [1.54, 1.807) is 6.20 Å². The van der Waals surface area contributed by atoms with Crippen LogP contribution in [0.5, 0.6) is 0 Å². The molecule has 3 heterocycles. The summed E-state index contributed by atoms with van der Waals surface area (Å²) in [7, 11) is 0. The van der Waals surface area contributed by atoms with Crippen molar-refractivity contribution >= 4 is 23.2 Å². The van der Waals surface area contributed by atoms with Crippen LogP contribution in [0, 0.1) is 0 Å². The molecule has 1 unspecified atom stereocenters. The number of fused-ring (bicyclic) bond motifs is 1. The van der Waals surface area contributed by atoms with Crippen LogP contribution in [0.4, 0.5) is 6.01 Å². The summed E-state index contributed by atoms with van der Waals surface area (Å²) in [6.07, 6.45) is 2.82. The van der Waals surface area contributed by atoms with E-state index in [2.05, 4.69) is 21.9 Å². The predicted molar refractivity (Wildman–Crippen MR) is 77.0 cm³/mol. The van der Waals surface area contributed by atoms with Crippen molar-refractivity contribution < 1.29 is 13.9 Å². The number of nitrogens with one attached hydrogen (secondary N) is 1. The fourth-order valence-corrected chi connectivity index (χ4v) is 2.20. The van der Waals surface area contributed by atoms with E-state index in [0.29, 0.717) is 43.5 Å². The summed E-state index contributed by atoms with van der Waals surface area (Å²) in [4.78, 5) is 21.7. The number of nitrogens with zero attached hydrogens (tertiary/aromatic N) is 3. The van der Waals surface area contributed by atoms with Gasteiger partial charge in [-0.1, -0.05) is 6.58 Å². The molecule has 0 aromatic carbocycles. The van der Waals surface area contributed by atoms with Crippen molar-refractivity contribution in [2.24, 2.45) is 0 Å². The molecule has 7 heteroatoms. The number of hydrogen-bond donors (Lipinski definition) is 1. The Balaban J connectivity index is 1.67. The van der Waals surface area contributed by atoms with Gasteiger partial charge in [0.1, 0.15) is 0 Å². The van der Waals surface area contributed by atoms with Crippen LogP contribution in [-0.2, 0) is 9.53 Å². The molecule has 110 valence electrons. The summed E-state index contributed by atoms with van der Waals surface area (Å²) in [6, 6.07) is 4.18. The number of morpholine rings is 1. The number of anilines is 1. The smallest absolute Gasteiger partial charge is 0.300 e. The van der Waals surface area contributed by atoms with Crippen molar-refractivity contribution in [2.75, 3.05) is 31.1 Å². The molecule has 1 amide bonds. The van der Waals surface area contributed by atoms with Gasteiger partial charge in [-0.15, -0.1) is 0 Å². The number of pyridine rings is 1. The molecule has 0 bridgehead atoms. The van der Waals surface area contributed by atoms with Gasteiger partial charge in [0.15, 0.2) is 5.58 Å². The van der Waals surface area contributed by atoms with Gasteiger partial charge in [0.25, 0.3) is 6.01 Å². The zero-order chi connectivity index (χ0) is 14.7. The lowest BCUT2D eigenvalue weighted by atomic mass is 10.3. The first kappa shape index (κ1) is 13.6. The predicted octanol–water partition coefficient (Wildman–Crippen LogP) is 0.730. The second-order valence-electron chi connectivity index (χ2n) is 4.71. The van der Waals surface area contributed by atoms with E-state index in [1.165, 1.54) is 6.08 Å². The maximum absolute atomic E-state index is 11.2. The first-order valence-corrected chi connectivity index (χ1v) is 6.74. The van der Waals surface area contributed by atoms with E-state index in [-0.39, 0.29) is 12.0 Å². The zero-order valence-electron chi connectivity index (χ0n) is 11.5. The molecule has 0 saturated carbocycles. The van der Waals surface area contributed by atoms with Crippen molar-refractivity contribution in [2.45, 2.75) is 6.10 Å². The summed E-state index contributed by atoms with van der Waals surface area (Å²) in [5, 5.41) is 2.73. The Labute approximate surface area is 121 Å². The number of hydrogen-bond acceptors (Lipinski definition) is 6. The SMILES string of the molecule is C=CC(=O)NCC1CN(c2nc3ncccc3o2)CCO1. The van der Waals surface area contributed by atoms with Gasteiger partial charge in [-0.05, 0) is 18.2 Å². The number of amides is 1. The molecule has 0 spiro atoms. The van der Waals surface area contributed by atoms with Gasteiger partial charge in [-0.25, -0.2) is 4.98 Å². The van der Waals surface area contributed by atoms with E-state index in [4.69, 9.17) is 9.15 Å². The molecule has 0 aliphatic carbocycles. The highest BCUT2D eigenvalue weighted by Gasteiger charge is 2.24. The molecule has 1 aliphatic heterocycles. The lowest BCUT2D eigenvalue weighted by molar-refractivity contribution is -0.117. The van der Waals surface area contributed by atoms with E-state index in [1.807, 2.05) is 17.0 Å². The molecule has 3 rings (SSSR count). The lowest BCUT2D eigenvalue weighted by Gasteiger charge is -2.31. The Kier molecular flexibility index (Phi) is 3.83. The normalized spacial score (nSPS) is 18.7. The number of ether oxygens (including phenoxy) is 1. The van der Waals surface area contributed by atoms with E-state index >= 15 is 0 Å². The van der Waals surface area contributed by atoms with Crippen molar-refractivity contribution in [3.63, 3.8) is 0 Å². The number of oxazole rings is 1. The highest BCUT2D eigenvalue weighted by atomic mass is 16.5. The molecule has 1 fully saturated rings. The Bertz CT molecular complexity index is 621. The molecular weight excluding hydrogens is 272 g/mol. The Hall–Kier alpha value is -2.41. The maximum Gasteiger partial charge on any atom is 0.300 e. The Morgan fingerprint density at radius 3 is 3.33 bits per heavy atom. The van der Waals surface area contributed by atoms with Crippen LogP contribution in [0.1, 0.15) is 0 Å². The standard InChI is InChI=1S/C14H16N4O3/c1-2-12(19)16-8-10-9-18(6-7-20-10)14-17-13-11(21-14)4-3-5-15-13/h2-5,10H,1,6-9H2,(H,16,19). The molecule has 21 heavy (non-hydrogen) atoms. The fraction of sp³-hybridized carbons (Fsp3) is 0.357. The summed E-state index contributed by atoms with van der Waals surface area (Å²) in [5.41, 5.74) is 1.26. The minimum absolute atomic E-state index is 0.106. The average Bonchev–Trinajstić information content (AvgIpc) is 2.97. The summed E-state index contributed by atoms with van der Waals surface area (Å²) in [6.45, 7) is 5.70. The van der Waals surface area contributed by atoms with Crippen molar-refractivity contribution in [1.82, 2.24) is 15.3 Å². The summed E-state index contributed by atoms with van der Waals surface area (Å²) < 4.78 is 11.3. The first-order valence-electron chi connectivity index (χ1n) is 6.74. The number of rotatable bonds is 4. The van der Waals surface area contributed by atoms with Crippen LogP contribution in [0.2, 0.25) is 0 Å². The molecule has 1 aliphatic rings. The van der Waals surface area contributed by atoms with E-state index in [9.17, 15) is 4.79 Å². The highest BCUT2D eigenvalue weighted by Crippen LogP contribution is 2.21. The molecule has 1 saturated heterocycles. The third kappa shape index (κ3) is 3.03. The van der Waals surface area contributed by atoms with Gasteiger partial charge in [-0.2, -0.15) is 4.98 Å². The van der Waals surface area contributed by atoms with Crippen molar-refractivity contribution in [1.29, 1.82) is 0 Å². The fourth-order valence-electron chi connectivity index (χ4n) is 2.20. The van der Waals surface area contributed by atoms with E-state index in [0.717, 1.165) is 0 Å². The van der Waals surface area contributed by atoms with Gasteiger partial charge in [0.2, 0.25) is 11.6 Å². The van der Waals surface area contributed by atoms with Crippen LogP contribution in [-0.4, -0.2) is 48.2 Å². The zero-order valence-corrected chi connectivity index (χ0v) is 11.5. The molecule has 7 nitrogen and oxygen atoms in total. The van der Waals surface area contributed by atoms with Gasteiger partial charge in [0.05, 0.1) is 19.3 Å². The monoisotopic (exact) mass is 288 g/mol. The number of carbonyl (C=O) groups excluding carboxylic acids is 1. The van der Waals surface area contributed by atoms with Crippen LogP contribution in [0.15, 0.2) is 35.4 Å². The number of carbonyl (C=O) groups is 1. The van der Waals surface area contributed by atoms with E-state index < -0.39 is 0 Å². The molecular formula is C14H16N4O3. The molecule has 0 radical (unpaired) electrons. The lowest BCUT2D eigenvalue weighted by Crippen LogP contribution is -2.47. The van der Waals surface area contributed by atoms with Crippen molar-refractivity contribution in [3.8, 4) is 0 Å². The van der Waals surface area contributed by atoms with Gasteiger partial charge >= 0.3 is 0 Å². The summed E-state index contributed by atoms with van der Waals surface area (Å²) >= 11 is 0. The second kappa shape index (κ2) is 5.92. The second-order valence-corrected chi connectivity index (χ2v) is 4.71. The molecule has 2 aromatic heterocycles. The third-order valence-corrected chi connectivity index (χ3v) is 3.25. The molecule has 1 atom stereocenters. The first-order chi connectivity index (χ1) is 10.3. The topological polar surface area (TPSA) is 80.5 Å². The largest absolute Gasteiger partial charge is 0.422 e. The number of aromatic nitrogens is 2. The van der Waals surface area contributed by atoms with Crippen molar-refractivity contribution in [3.05, 3.63) is 31.0 Å². The van der Waals surface area contributed by atoms with Gasteiger partial charge in [0, 0.05) is 19.3 Å². The Morgan fingerprint density at radius 2 is 2.52 bits per heavy atom. The van der Waals surface area contributed by atoms with Crippen LogP contribution < -0.4 is 10.2 Å². The molecule has 1 N–H and O–H groups in total. The van der Waals surface area contributed by atoms with Gasteiger partial charge in [-0.3, -0.25) is 4.79 Å². The minimum atomic E-state index is -0.207. The highest BCUT2D eigenvalue weighted by molar-refractivity contribution is 5.86. The van der Waals surface area contributed by atoms with Crippen LogP contribution in [0.25, 0.3) is 11.2 Å². The van der Waals surface area contributed by atoms with Crippen LogP contribution in [0.3, 0.4) is 0 Å². The average molecular weight is 288 g/mol. The third-order valence-electron chi connectivity index (χ3n) is 3.25. The quantitative estimate of drug-likeness (QED) is 0.835. The van der Waals surface area contributed by atoms with Crippen LogP contribution >= 0.6 is 0 Å². The minimum Gasteiger partial charge on any atom is -0.422 e. The molecule has 2 aromatic rings. The summed E-state index contributed by atoms with van der Waals surface area (Å²) in [5.74, 6) is -0.207. The Morgan fingerprint density at radius 1 is 1.62 bits per heavy atom. The van der Waals surface area contributed by atoms with Gasteiger partial charge < -0.3 is 19.4 Å². The maximum atomic E-state index is 11.2.